The number of hydrogen-bond donors (Lipinski definition) is 1. The quantitative estimate of drug-likeness (QED) is 0.552. The van der Waals surface area contributed by atoms with E-state index in [2.05, 4.69) is 26.1 Å². The van der Waals surface area contributed by atoms with E-state index in [1.54, 1.807) is 0 Å². The van der Waals surface area contributed by atoms with Gasteiger partial charge < -0.3 is 14.8 Å². The van der Waals surface area contributed by atoms with Crippen molar-refractivity contribution in [1.82, 2.24) is 5.32 Å². The summed E-state index contributed by atoms with van der Waals surface area (Å²) in [6.45, 7) is 11.3. The van der Waals surface area contributed by atoms with Gasteiger partial charge in [-0.2, -0.15) is 0 Å². The van der Waals surface area contributed by atoms with Gasteiger partial charge in [0.05, 0.1) is 18.8 Å². The van der Waals surface area contributed by atoms with Crippen molar-refractivity contribution in [2.24, 2.45) is 5.92 Å². The van der Waals surface area contributed by atoms with E-state index in [9.17, 15) is 0 Å². The SMILES string of the molecule is CCCCOCCOC1(CCNCC(C)C)CCC1. The Hall–Kier alpha value is -0.120. The monoisotopic (exact) mass is 271 g/mol. The van der Waals surface area contributed by atoms with Crippen LogP contribution in [0.1, 0.15) is 59.3 Å². The maximum atomic E-state index is 6.09. The molecule has 0 spiro atoms. The zero-order valence-corrected chi connectivity index (χ0v) is 13.2. The largest absolute Gasteiger partial charge is 0.379 e. The van der Waals surface area contributed by atoms with Gasteiger partial charge in [0.2, 0.25) is 0 Å². The predicted octanol–water partition coefficient (Wildman–Crippen LogP) is 3.38. The zero-order chi connectivity index (χ0) is 14.0. The van der Waals surface area contributed by atoms with Crippen LogP contribution < -0.4 is 5.32 Å². The van der Waals surface area contributed by atoms with Crippen LogP contribution in [0.2, 0.25) is 0 Å². The van der Waals surface area contributed by atoms with Crippen molar-refractivity contribution in [3.8, 4) is 0 Å². The Labute approximate surface area is 119 Å². The van der Waals surface area contributed by atoms with Crippen molar-refractivity contribution in [2.45, 2.75) is 64.9 Å². The van der Waals surface area contributed by atoms with E-state index in [1.807, 2.05) is 0 Å². The van der Waals surface area contributed by atoms with Crippen LogP contribution in [0, 0.1) is 5.92 Å². The highest BCUT2D eigenvalue weighted by Crippen LogP contribution is 2.38. The van der Waals surface area contributed by atoms with Gasteiger partial charge in [-0.15, -0.1) is 0 Å². The van der Waals surface area contributed by atoms with Crippen molar-refractivity contribution in [1.29, 1.82) is 0 Å². The molecule has 0 aromatic carbocycles. The summed E-state index contributed by atoms with van der Waals surface area (Å²) < 4.78 is 11.6. The molecule has 0 heterocycles. The van der Waals surface area contributed by atoms with Gasteiger partial charge in [0, 0.05) is 6.61 Å². The first-order valence-electron chi connectivity index (χ1n) is 8.11. The zero-order valence-electron chi connectivity index (χ0n) is 13.2. The predicted molar refractivity (Wildman–Crippen MR) is 80.6 cm³/mol. The van der Waals surface area contributed by atoms with Gasteiger partial charge in [0.1, 0.15) is 0 Å². The molecule has 0 aliphatic heterocycles. The van der Waals surface area contributed by atoms with Gasteiger partial charge in [0.15, 0.2) is 0 Å². The summed E-state index contributed by atoms with van der Waals surface area (Å²) in [4.78, 5) is 0. The van der Waals surface area contributed by atoms with Crippen molar-refractivity contribution >= 4 is 0 Å². The first-order chi connectivity index (χ1) is 9.18. The van der Waals surface area contributed by atoms with Crippen LogP contribution >= 0.6 is 0 Å². The molecule has 0 amide bonds. The van der Waals surface area contributed by atoms with Crippen LogP contribution in [0.3, 0.4) is 0 Å². The van der Waals surface area contributed by atoms with E-state index >= 15 is 0 Å². The lowest BCUT2D eigenvalue weighted by atomic mass is 9.77. The minimum absolute atomic E-state index is 0.165. The molecule has 0 aromatic heterocycles. The summed E-state index contributed by atoms with van der Waals surface area (Å²) >= 11 is 0. The minimum Gasteiger partial charge on any atom is -0.379 e. The Morgan fingerprint density at radius 1 is 1.16 bits per heavy atom. The lowest BCUT2D eigenvalue weighted by molar-refractivity contribution is -0.117. The Bertz CT molecular complexity index is 215. The van der Waals surface area contributed by atoms with Crippen molar-refractivity contribution in [3.63, 3.8) is 0 Å². The number of nitrogens with one attached hydrogen (secondary N) is 1. The van der Waals surface area contributed by atoms with E-state index in [-0.39, 0.29) is 5.60 Å². The second-order valence-electron chi connectivity index (χ2n) is 6.20. The van der Waals surface area contributed by atoms with Crippen LogP contribution in [0.4, 0.5) is 0 Å². The Balaban J connectivity index is 2.03. The fourth-order valence-electron chi connectivity index (χ4n) is 2.41. The molecule has 0 unspecified atom stereocenters. The summed E-state index contributed by atoms with van der Waals surface area (Å²) in [5.41, 5.74) is 0.165. The molecule has 114 valence electrons. The second-order valence-corrected chi connectivity index (χ2v) is 6.20. The van der Waals surface area contributed by atoms with Crippen molar-refractivity contribution < 1.29 is 9.47 Å². The van der Waals surface area contributed by atoms with Gasteiger partial charge in [-0.05, 0) is 51.1 Å². The molecule has 1 saturated carbocycles. The highest BCUT2D eigenvalue weighted by molar-refractivity contribution is 4.90. The van der Waals surface area contributed by atoms with Gasteiger partial charge >= 0.3 is 0 Å². The van der Waals surface area contributed by atoms with Crippen LogP contribution in [-0.2, 0) is 9.47 Å². The molecule has 0 saturated heterocycles. The first kappa shape index (κ1) is 16.9. The molecule has 0 aromatic rings. The fourth-order valence-corrected chi connectivity index (χ4v) is 2.41. The van der Waals surface area contributed by atoms with E-state index in [4.69, 9.17) is 9.47 Å². The Morgan fingerprint density at radius 2 is 1.95 bits per heavy atom. The summed E-state index contributed by atoms with van der Waals surface area (Å²) in [6.07, 6.45) is 7.28. The molecular weight excluding hydrogens is 238 g/mol. The van der Waals surface area contributed by atoms with Crippen LogP contribution in [-0.4, -0.2) is 38.5 Å². The molecule has 1 aliphatic rings. The van der Waals surface area contributed by atoms with Crippen LogP contribution in [0.25, 0.3) is 0 Å². The molecule has 3 nitrogen and oxygen atoms in total. The van der Waals surface area contributed by atoms with Gasteiger partial charge in [0.25, 0.3) is 0 Å². The average Bonchev–Trinajstić information content (AvgIpc) is 2.33. The van der Waals surface area contributed by atoms with Crippen LogP contribution in [0.5, 0.6) is 0 Å². The smallest absolute Gasteiger partial charge is 0.0708 e. The lowest BCUT2D eigenvalue weighted by Gasteiger charge is -2.42. The molecule has 0 bridgehead atoms. The van der Waals surface area contributed by atoms with Crippen molar-refractivity contribution in [3.05, 3.63) is 0 Å². The fraction of sp³-hybridized carbons (Fsp3) is 1.00. The third kappa shape index (κ3) is 7.28. The molecule has 1 N–H and O–H groups in total. The maximum absolute atomic E-state index is 6.09. The number of hydrogen-bond acceptors (Lipinski definition) is 3. The Kier molecular flexibility index (Phi) is 8.67. The molecule has 0 atom stereocenters. The summed E-state index contributed by atoms with van der Waals surface area (Å²) in [6, 6.07) is 0. The normalized spacial score (nSPS) is 17.7. The van der Waals surface area contributed by atoms with Crippen molar-refractivity contribution in [2.75, 3.05) is 32.9 Å². The second kappa shape index (κ2) is 9.73. The first-order valence-corrected chi connectivity index (χ1v) is 8.11. The van der Waals surface area contributed by atoms with E-state index in [0.29, 0.717) is 0 Å². The molecule has 1 rings (SSSR count). The van der Waals surface area contributed by atoms with Gasteiger partial charge in [-0.25, -0.2) is 0 Å². The van der Waals surface area contributed by atoms with Gasteiger partial charge in [-0.3, -0.25) is 0 Å². The topological polar surface area (TPSA) is 30.5 Å². The molecule has 1 fully saturated rings. The highest BCUT2D eigenvalue weighted by atomic mass is 16.5. The lowest BCUT2D eigenvalue weighted by Crippen LogP contribution is -2.43. The molecule has 3 heteroatoms. The number of rotatable bonds is 12. The standard InChI is InChI=1S/C16H33NO2/c1-4-5-11-18-12-13-19-16(7-6-8-16)9-10-17-14-15(2)3/h15,17H,4-14H2,1-3H3. The van der Waals surface area contributed by atoms with Gasteiger partial charge in [-0.1, -0.05) is 27.2 Å². The summed E-state index contributed by atoms with van der Waals surface area (Å²) in [5, 5.41) is 3.52. The average molecular weight is 271 g/mol. The molecular formula is C16H33NO2. The molecule has 1 aliphatic carbocycles. The summed E-state index contributed by atoms with van der Waals surface area (Å²) in [5.74, 6) is 0.727. The number of unbranched alkanes of at least 4 members (excludes halogenated alkanes) is 1. The molecule has 19 heavy (non-hydrogen) atoms. The summed E-state index contributed by atoms with van der Waals surface area (Å²) in [7, 11) is 0. The van der Waals surface area contributed by atoms with E-state index in [0.717, 1.165) is 51.7 Å². The minimum atomic E-state index is 0.165. The third-order valence-corrected chi connectivity index (χ3v) is 3.85. The Morgan fingerprint density at radius 3 is 2.53 bits per heavy atom. The number of ether oxygens (including phenoxy) is 2. The third-order valence-electron chi connectivity index (χ3n) is 3.85. The van der Waals surface area contributed by atoms with E-state index < -0.39 is 0 Å². The highest BCUT2D eigenvalue weighted by Gasteiger charge is 2.37. The molecule has 0 radical (unpaired) electrons. The van der Waals surface area contributed by atoms with E-state index in [1.165, 1.54) is 25.7 Å². The maximum Gasteiger partial charge on any atom is 0.0708 e. The van der Waals surface area contributed by atoms with Crippen LogP contribution in [0.15, 0.2) is 0 Å².